The molecule has 0 spiro atoms. The molecule has 0 saturated heterocycles. The zero-order valence-corrected chi connectivity index (χ0v) is 13.1. The second kappa shape index (κ2) is 5.69. The maximum Gasteiger partial charge on any atom is 0.187 e. The summed E-state index contributed by atoms with van der Waals surface area (Å²) in [5.74, 6) is -0.276. The molecule has 3 aromatic rings. The lowest BCUT2D eigenvalue weighted by atomic mass is 10.1. The van der Waals surface area contributed by atoms with Crippen molar-refractivity contribution in [1.82, 2.24) is 4.98 Å². The molecule has 0 bridgehead atoms. The van der Waals surface area contributed by atoms with Gasteiger partial charge in [-0.2, -0.15) is 0 Å². The summed E-state index contributed by atoms with van der Waals surface area (Å²) in [5.41, 5.74) is 5.00. The Labute approximate surface area is 132 Å². The van der Waals surface area contributed by atoms with E-state index in [0.717, 1.165) is 22.1 Å². The number of anilines is 2. The molecule has 0 radical (unpaired) electrons. The Morgan fingerprint density at radius 1 is 0.955 bits per heavy atom. The molecule has 1 aromatic heterocycles. The Bertz CT molecular complexity index is 827. The number of thiazole rings is 1. The molecular formula is C17H16N2O2S. The highest BCUT2D eigenvalue weighted by molar-refractivity contribution is 7.14. The van der Waals surface area contributed by atoms with Crippen LogP contribution in [0, 0.1) is 13.8 Å². The number of benzene rings is 2. The van der Waals surface area contributed by atoms with Gasteiger partial charge in [-0.05, 0) is 55.3 Å². The summed E-state index contributed by atoms with van der Waals surface area (Å²) in [5, 5.41) is 24.9. The highest BCUT2D eigenvalue weighted by atomic mass is 32.1. The topological polar surface area (TPSA) is 65.4 Å². The lowest BCUT2D eigenvalue weighted by molar-refractivity contribution is 0.404. The maximum absolute atomic E-state index is 9.57. The molecule has 0 aliphatic heterocycles. The maximum atomic E-state index is 9.57. The fraction of sp³-hybridized carbons (Fsp3) is 0.118. The molecule has 2 aromatic carbocycles. The van der Waals surface area contributed by atoms with Crippen molar-refractivity contribution in [2.75, 3.05) is 5.32 Å². The van der Waals surface area contributed by atoms with Crippen molar-refractivity contribution in [2.24, 2.45) is 0 Å². The fourth-order valence-electron chi connectivity index (χ4n) is 2.09. The molecular weight excluding hydrogens is 296 g/mol. The van der Waals surface area contributed by atoms with Crippen LogP contribution in [0.15, 0.2) is 41.8 Å². The van der Waals surface area contributed by atoms with Crippen LogP contribution < -0.4 is 5.32 Å². The van der Waals surface area contributed by atoms with Gasteiger partial charge in [0, 0.05) is 16.6 Å². The minimum Gasteiger partial charge on any atom is -0.504 e. The van der Waals surface area contributed by atoms with Crippen molar-refractivity contribution in [3.8, 4) is 22.8 Å². The average Bonchev–Trinajstić information content (AvgIpc) is 2.94. The van der Waals surface area contributed by atoms with Gasteiger partial charge >= 0.3 is 0 Å². The number of hydrogen-bond donors (Lipinski definition) is 3. The van der Waals surface area contributed by atoms with Gasteiger partial charge in [0.2, 0.25) is 0 Å². The molecule has 1 heterocycles. The van der Waals surface area contributed by atoms with Gasteiger partial charge in [-0.15, -0.1) is 11.3 Å². The van der Waals surface area contributed by atoms with E-state index in [1.54, 1.807) is 6.07 Å². The molecule has 0 amide bonds. The lowest BCUT2D eigenvalue weighted by Crippen LogP contribution is -1.91. The third-order valence-corrected chi connectivity index (χ3v) is 4.29. The van der Waals surface area contributed by atoms with Crippen LogP contribution in [0.1, 0.15) is 11.1 Å². The molecule has 0 unspecified atom stereocenters. The monoisotopic (exact) mass is 312 g/mol. The predicted octanol–water partition coefficient (Wildman–Crippen LogP) is 4.58. The van der Waals surface area contributed by atoms with E-state index in [4.69, 9.17) is 0 Å². The van der Waals surface area contributed by atoms with Crippen LogP contribution >= 0.6 is 11.3 Å². The zero-order chi connectivity index (χ0) is 15.7. The molecule has 0 fully saturated rings. The van der Waals surface area contributed by atoms with Crippen LogP contribution in [0.4, 0.5) is 10.8 Å². The van der Waals surface area contributed by atoms with Gasteiger partial charge in [-0.25, -0.2) is 4.98 Å². The first-order valence-electron chi connectivity index (χ1n) is 6.85. The highest BCUT2D eigenvalue weighted by Crippen LogP contribution is 2.32. The quantitative estimate of drug-likeness (QED) is 0.619. The number of rotatable bonds is 3. The van der Waals surface area contributed by atoms with Crippen molar-refractivity contribution >= 4 is 22.2 Å². The molecule has 3 rings (SSSR count). The number of phenols is 2. The van der Waals surface area contributed by atoms with Crippen LogP contribution in [0.5, 0.6) is 11.5 Å². The summed E-state index contributed by atoms with van der Waals surface area (Å²) in [7, 11) is 0. The predicted molar refractivity (Wildman–Crippen MR) is 90.1 cm³/mol. The van der Waals surface area contributed by atoms with E-state index in [1.165, 1.54) is 34.6 Å². The number of aryl methyl sites for hydroxylation is 2. The molecule has 3 N–H and O–H groups in total. The number of phenolic OH excluding ortho intramolecular Hbond substituents is 2. The first-order chi connectivity index (χ1) is 10.5. The SMILES string of the molecule is Cc1ccc(Nc2nc(-c3ccc(O)c(O)c3)cs2)cc1C. The summed E-state index contributed by atoms with van der Waals surface area (Å²) in [4.78, 5) is 4.51. The Morgan fingerprint density at radius 2 is 1.77 bits per heavy atom. The second-order valence-corrected chi connectivity index (χ2v) is 6.02. The highest BCUT2D eigenvalue weighted by Gasteiger charge is 2.08. The number of aromatic hydroxyl groups is 2. The van der Waals surface area contributed by atoms with E-state index in [1.807, 2.05) is 11.4 Å². The van der Waals surface area contributed by atoms with E-state index < -0.39 is 0 Å². The largest absolute Gasteiger partial charge is 0.504 e. The van der Waals surface area contributed by atoms with Crippen molar-refractivity contribution in [3.63, 3.8) is 0 Å². The summed E-state index contributed by atoms with van der Waals surface area (Å²) in [6, 6.07) is 10.9. The smallest absolute Gasteiger partial charge is 0.187 e. The third-order valence-electron chi connectivity index (χ3n) is 3.53. The summed E-state index contributed by atoms with van der Waals surface area (Å²) in [6.07, 6.45) is 0. The Hall–Kier alpha value is -2.53. The van der Waals surface area contributed by atoms with E-state index >= 15 is 0 Å². The van der Waals surface area contributed by atoms with E-state index in [-0.39, 0.29) is 11.5 Å². The Balaban J connectivity index is 1.84. The Morgan fingerprint density at radius 3 is 2.50 bits per heavy atom. The van der Waals surface area contributed by atoms with Crippen LogP contribution in [0.2, 0.25) is 0 Å². The van der Waals surface area contributed by atoms with Gasteiger partial charge < -0.3 is 15.5 Å². The number of nitrogens with one attached hydrogen (secondary N) is 1. The molecule has 0 atom stereocenters. The average molecular weight is 312 g/mol. The third kappa shape index (κ3) is 2.89. The first-order valence-corrected chi connectivity index (χ1v) is 7.73. The molecule has 0 saturated carbocycles. The van der Waals surface area contributed by atoms with Crippen LogP contribution in [-0.4, -0.2) is 15.2 Å². The van der Waals surface area contributed by atoms with Gasteiger partial charge in [0.1, 0.15) is 0 Å². The number of aromatic nitrogens is 1. The number of nitrogens with zero attached hydrogens (tertiary/aromatic N) is 1. The zero-order valence-electron chi connectivity index (χ0n) is 12.3. The summed E-state index contributed by atoms with van der Waals surface area (Å²) in [6.45, 7) is 4.16. The minimum absolute atomic E-state index is 0.132. The normalized spacial score (nSPS) is 10.6. The van der Waals surface area contributed by atoms with Gasteiger partial charge in [-0.1, -0.05) is 6.07 Å². The molecule has 22 heavy (non-hydrogen) atoms. The van der Waals surface area contributed by atoms with Crippen molar-refractivity contribution in [3.05, 3.63) is 52.9 Å². The van der Waals surface area contributed by atoms with E-state index in [9.17, 15) is 10.2 Å². The van der Waals surface area contributed by atoms with Crippen LogP contribution in [0.3, 0.4) is 0 Å². The molecule has 5 heteroatoms. The van der Waals surface area contributed by atoms with Gasteiger partial charge in [0.05, 0.1) is 5.69 Å². The second-order valence-electron chi connectivity index (χ2n) is 5.17. The lowest BCUT2D eigenvalue weighted by Gasteiger charge is -2.05. The molecule has 112 valence electrons. The number of hydrogen-bond acceptors (Lipinski definition) is 5. The van der Waals surface area contributed by atoms with Gasteiger partial charge in [-0.3, -0.25) is 0 Å². The summed E-state index contributed by atoms with van der Waals surface area (Å²) < 4.78 is 0. The van der Waals surface area contributed by atoms with E-state index in [2.05, 4.69) is 36.3 Å². The van der Waals surface area contributed by atoms with Crippen LogP contribution in [0.25, 0.3) is 11.3 Å². The Kier molecular flexibility index (Phi) is 3.73. The summed E-state index contributed by atoms with van der Waals surface area (Å²) >= 11 is 1.49. The minimum atomic E-state index is -0.144. The van der Waals surface area contributed by atoms with Crippen molar-refractivity contribution in [1.29, 1.82) is 0 Å². The standard InChI is InChI=1S/C17H16N2O2S/c1-10-3-5-13(7-11(10)2)18-17-19-14(9-22-17)12-4-6-15(20)16(21)8-12/h3-9,20-21H,1-2H3,(H,18,19). The molecule has 0 aliphatic rings. The molecule has 4 nitrogen and oxygen atoms in total. The van der Waals surface area contributed by atoms with Gasteiger partial charge in [0.25, 0.3) is 0 Å². The van der Waals surface area contributed by atoms with Crippen molar-refractivity contribution in [2.45, 2.75) is 13.8 Å². The first kappa shape index (κ1) is 14.4. The van der Waals surface area contributed by atoms with Crippen molar-refractivity contribution < 1.29 is 10.2 Å². The molecule has 0 aliphatic carbocycles. The fourth-order valence-corrected chi connectivity index (χ4v) is 2.83. The van der Waals surface area contributed by atoms with E-state index in [0.29, 0.717) is 0 Å². The van der Waals surface area contributed by atoms with Gasteiger partial charge in [0.15, 0.2) is 16.6 Å². The van der Waals surface area contributed by atoms with Crippen LogP contribution in [-0.2, 0) is 0 Å².